The van der Waals surface area contributed by atoms with E-state index < -0.39 is 11.9 Å². The highest BCUT2D eigenvalue weighted by Gasteiger charge is 2.27. The molecule has 3 heterocycles. The molecule has 0 atom stereocenters. The zero-order valence-electron chi connectivity index (χ0n) is 14.3. The lowest BCUT2D eigenvalue weighted by Gasteiger charge is -2.19. The molecule has 0 amide bonds. The van der Waals surface area contributed by atoms with Gasteiger partial charge in [0, 0.05) is 42.3 Å². The molecule has 9 heteroatoms. The molecule has 7 nitrogen and oxygen atoms in total. The van der Waals surface area contributed by atoms with Gasteiger partial charge in [0.1, 0.15) is 12.4 Å². The Labute approximate surface area is 159 Å². The molecule has 0 spiro atoms. The first kappa shape index (κ1) is 19.2. The van der Waals surface area contributed by atoms with E-state index >= 15 is 0 Å². The first-order valence-corrected chi connectivity index (χ1v) is 8.77. The van der Waals surface area contributed by atoms with Crippen LogP contribution in [0.2, 0.25) is 5.02 Å². The lowest BCUT2D eigenvalue weighted by molar-refractivity contribution is -0.134. The number of carboxylic acids is 2. The molecule has 2 aromatic rings. The monoisotopic (exact) mass is 396 g/mol. The maximum absolute atomic E-state index is 14.5. The summed E-state index contributed by atoms with van der Waals surface area (Å²) in [5.74, 6) is -2.10. The second-order valence-electron chi connectivity index (χ2n) is 6.08. The van der Waals surface area contributed by atoms with Crippen LogP contribution in [0.25, 0.3) is 10.9 Å². The number of hydrogen-bond acceptors (Lipinski definition) is 4. The number of carboxylic acid groups (broad SMARTS) is 2. The fourth-order valence-electron chi connectivity index (χ4n) is 3.43. The van der Waals surface area contributed by atoms with E-state index in [1.807, 2.05) is 0 Å². The van der Waals surface area contributed by atoms with Crippen LogP contribution in [0.4, 0.5) is 4.39 Å². The molecule has 0 saturated carbocycles. The van der Waals surface area contributed by atoms with E-state index in [2.05, 4.69) is 9.88 Å². The smallest absolute Gasteiger partial charge is 0.328 e. The summed E-state index contributed by atoms with van der Waals surface area (Å²) >= 11 is 6.01. The van der Waals surface area contributed by atoms with Gasteiger partial charge < -0.3 is 24.8 Å². The predicted octanol–water partition coefficient (Wildman–Crippen LogP) is 2.23. The molecule has 0 radical (unpaired) electrons. The van der Waals surface area contributed by atoms with Crippen LogP contribution in [0, 0.1) is 5.82 Å². The summed E-state index contributed by atoms with van der Waals surface area (Å²) in [5, 5.41) is 19.8. The summed E-state index contributed by atoms with van der Waals surface area (Å²) < 4.78 is 22.3. The Balaban J connectivity index is 0.000000226. The summed E-state index contributed by atoms with van der Waals surface area (Å²) in [7, 11) is 0. The second kappa shape index (κ2) is 7.98. The number of fused-ring (bicyclic) bond motifs is 3. The van der Waals surface area contributed by atoms with Crippen LogP contribution >= 0.6 is 11.6 Å². The average Bonchev–Trinajstić information content (AvgIpc) is 2.78. The summed E-state index contributed by atoms with van der Waals surface area (Å²) in [5.41, 5.74) is 3.23. The molecule has 0 unspecified atom stereocenters. The molecule has 2 aliphatic rings. The number of halogens is 2. The van der Waals surface area contributed by atoms with E-state index in [1.165, 1.54) is 5.69 Å². The van der Waals surface area contributed by atoms with Crippen molar-refractivity contribution < 1.29 is 28.9 Å². The van der Waals surface area contributed by atoms with Gasteiger partial charge in [0.2, 0.25) is 0 Å². The van der Waals surface area contributed by atoms with E-state index in [4.69, 9.17) is 26.6 Å². The standard InChI is InChI=1S/C14H14ClFN2O.C4H4O4/c15-9-7-11-14-12(13(9)16)8-1-3-17-4-2-10(8)18(14)5-6-19-11;5-3(6)1-2-4(7)8/h7,17H,1-6H2;1-2H,(H,5,6)(H,7,8). The van der Waals surface area contributed by atoms with Crippen molar-refractivity contribution in [1.82, 2.24) is 9.88 Å². The molecule has 2 aliphatic heterocycles. The van der Waals surface area contributed by atoms with Crippen LogP contribution in [0.1, 0.15) is 11.3 Å². The van der Waals surface area contributed by atoms with Crippen molar-refractivity contribution in [2.24, 2.45) is 0 Å². The Bertz CT molecular complexity index is 922. The van der Waals surface area contributed by atoms with Gasteiger partial charge in [0.25, 0.3) is 0 Å². The maximum Gasteiger partial charge on any atom is 0.328 e. The third-order valence-electron chi connectivity index (χ3n) is 4.43. The highest BCUT2D eigenvalue weighted by Crippen LogP contribution is 2.40. The topological polar surface area (TPSA) is 101 Å². The summed E-state index contributed by atoms with van der Waals surface area (Å²) in [6.45, 7) is 3.24. The van der Waals surface area contributed by atoms with Crippen LogP contribution in [0.15, 0.2) is 18.2 Å². The van der Waals surface area contributed by atoms with Crippen LogP contribution in [0.3, 0.4) is 0 Å². The third-order valence-corrected chi connectivity index (χ3v) is 4.71. The summed E-state index contributed by atoms with van der Waals surface area (Å²) in [6.07, 6.45) is 2.89. The van der Waals surface area contributed by atoms with Gasteiger partial charge in [-0.15, -0.1) is 0 Å². The molecule has 144 valence electrons. The van der Waals surface area contributed by atoms with Crippen molar-refractivity contribution in [1.29, 1.82) is 0 Å². The van der Waals surface area contributed by atoms with E-state index in [0.717, 1.165) is 43.6 Å². The fraction of sp³-hybridized carbons (Fsp3) is 0.333. The van der Waals surface area contributed by atoms with Gasteiger partial charge in [-0.25, -0.2) is 14.0 Å². The highest BCUT2D eigenvalue weighted by atomic mass is 35.5. The normalized spacial score (nSPS) is 15.5. The minimum Gasteiger partial charge on any atom is -0.489 e. The number of hydrogen-bond donors (Lipinski definition) is 3. The molecular weight excluding hydrogens is 379 g/mol. The lowest BCUT2D eigenvalue weighted by Crippen LogP contribution is -2.19. The van der Waals surface area contributed by atoms with Gasteiger partial charge in [0.15, 0.2) is 5.82 Å². The molecule has 0 fully saturated rings. The number of nitrogens with zero attached hydrogens (tertiary/aromatic N) is 1. The van der Waals surface area contributed by atoms with Gasteiger partial charge in [-0.2, -0.15) is 0 Å². The molecule has 1 aromatic heterocycles. The van der Waals surface area contributed by atoms with Crippen LogP contribution in [0.5, 0.6) is 5.75 Å². The zero-order valence-corrected chi connectivity index (χ0v) is 15.1. The Morgan fingerprint density at radius 2 is 1.89 bits per heavy atom. The van der Waals surface area contributed by atoms with Crippen molar-refractivity contribution >= 4 is 34.4 Å². The Morgan fingerprint density at radius 3 is 2.56 bits per heavy atom. The minimum atomic E-state index is -1.26. The molecule has 0 aliphatic carbocycles. The quantitative estimate of drug-likeness (QED) is 0.673. The molecule has 0 bridgehead atoms. The molecule has 3 N–H and O–H groups in total. The van der Waals surface area contributed by atoms with Gasteiger partial charge >= 0.3 is 11.9 Å². The van der Waals surface area contributed by atoms with Crippen LogP contribution in [-0.2, 0) is 29.0 Å². The van der Waals surface area contributed by atoms with Gasteiger partial charge in [-0.05, 0) is 18.5 Å². The van der Waals surface area contributed by atoms with Crippen molar-refractivity contribution in [3.05, 3.63) is 40.3 Å². The van der Waals surface area contributed by atoms with Gasteiger partial charge in [-0.1, -0.05) is 11.6 Å². The minimum absolute atomic E-state index is 0.154. The Kier molecular flexibility index (Phi) is 5.67. The van der Waals surface area contributed by atoms with E-state index in [-0.39, 0.29) is 10.8 Å². The SMILES string of the molecule is Fc1c(Cl)cc2c3c1c1c(n3CCO2)CCNCC1.O=C(O)C=CC(=O)O. The lowest BCUT2D eigenvalue weighted by atomic mass is 10.1. The average molecular weight is 397 g/mol. The summed E-state index contributed by atoms with van der Waals surface area (Å²) in [6, 6.07) is 1.60. The number of rotatable bonds is 2. The van der Waals surface area contributed by atoms with Crippen LogP contribution in [-0.4, -0.2) is 46.4 Å². The fourth-order valence-corrected chi connectivity index (χ4v) is 3.62. The second-order valence-corrected chi connectivity index (χ2v) is 6.49. The number of aliphatic carboxylic acids is 2. The van der Waals surface area contributed by atoms with Crippen LogP contribution < -0.4 is 10.1 Å². The number of benzene rings is 1. The number of carbonyl (C=O) groups is 2. The van der Waals surface area contributed by atoms with Crippen molar-refractivity contribution in [3.8, 4) is 5.75 Å². The highest BCUT2D eigenvalue weighted by molar-refractivity contribution is 6.32. The molecule has 1 aromatic carbocycles. The third kappa shape index (κ3) is 3.91. The molecular formula is C18H18ClFN2O5. The van der Waals surface area contributed by atoms with E-state index in [9.17, 15) is 14.0 Å². The summed E-state index contributed by atoms with van der Waals surface area (Å²) in [4.78, 5) is 19.1. The number of nitrogens with one attached hydrogen (secondary N) is 1. The first-order chi connectivity index (χ1) is 12.9. The van der Waals surface area contributed by atoms with Crippen molar-refractivity contribution in [2.45, 2.75) is 19.4 Å². The molecule has 0 saturated heterocycles. The molecule has 27 heavy (non-hydrogen) atoms. The predicted molar refractivity (Wildman–Crippen MR) is 97.1 cm³/mol. The number of ether oxygens (including phenoxy) is 1. The first-order valence-electron chi connectivity index (χ1n) is 8.39. The Morgan fingerprint density at radius 1 is 1.22 bits per heavy atom. The van der Waals surface area contributed by atoms with Gasteiger partial charge in [-0.3, -0.25) is 0 Å². The molecule has 4 rings (SSSR count). The van der Waals surface area contributed by atoms with Crippen molar-refractivity contribution in [3.63, 3.8) is 0 Å². The number of aromatic nitrogens is 1. The largest absolute Gasteiger partial charge is 0.489 e. The zero-order chi connectivity index (χ0) is 19.6. The maximum atomic E-state index is 14.5. The van der Waals surface area contributed by atoms with E-state index in [0.29, 0.717) is 29.9 Å². The van der Waals surface area contributed by atoms with Gasteiger partial charge in [0.05, 0.1) is 17.1 Å². The van der Waals surface area contributed by atoms with E-state index in [1.54, 1.807) is 6.07 Å². The Hall–Kier alpha value is -2.58. The van der Waals surface area contributed by atoms with Crippen molar-refractivity contribution in [2.75, 3.05) is 19.7 Å².